The summed E-state index contributed by atoms with van der Waals surface area (Å²) in [7, 11) is 0. The molecule has 0 atom stereocenters. The lowest BCUT2D eigenvalue weighted by Gasteiger charge is -2.01. The number of hydrogen-bond acceptors (Lipinski definition) is 3. The Morgan fingerprint density at radius 1 is 1.05 bits per heavy atom. The fourth-order valence-corrected chi connectivity index (χ4v) is 2.65. The summed E-state index contributed by atoms with van der Waals surface area (Å²) in [4.78, 5) is 15.8. The first kappa shape index (κ1) is 12.6. The van der Waals surface area contributed by atoms with Gasteiger partial charge in [-0.2, -0.15) is 0 Å². The quantitative estimate of drug-likeness (QED) is 0.596. The highest BCUT2D eigenvalue weighted by Gasteiger charge is 2.15. The Morgan fingerprint density at radius 2 is 1.82 bits per heavy atom. The lowest BCUT2D eigenvalue weighted by molar-refractivity contribution is 0.0697. The third-order valence-electron chi connectivity index (χ3n) is 3.68. The Balaban J connectivity index is 2.01. The minimum atomic E-state index is -0.973. The van der Waals surface area contributed by atoms with Gasteiger partial charge in [-0.05, 0) is 24.3 Å². The van der Waals surface area contributed by atoms with Gasteiger partial charge in [-0.3, -0.25) is 4.98 Å². The second-order valence-electron chi connectivity index (χ2n) is 5.02. The highest BCUT2D eigenvalue weighted by atomic mass is 16.4. The van der Waals surface area contributed by atoms with Gasteiger partial charge in [-0.25, -0.2) is 4.79 Å². The predicted octanol–water partition coefficient (Wildman–Crippen LogP) is 4.35. The standard InChI is InChI=1S/C18H11NO3/c20-18(21)13-6-2-1-5-12(13)16-9-11-10-19-15-8-4-3-7-14(15)17(11)22-16/h1-10H,(H,20,21). The lowest BCUT2D eigenvalue weighted by atomic mass is 10.1. The first-order chi connectivity index (χ1) is 10.7. The lowest BCUT2D eigenvalue weighted by Crippen LogP contribution is -1.98. The molecule has 0 fully saturated rings. The van der Waals surface area contributed by atoms with E-state index in [1.165, 1.54) is 0 Å². The molecule has 0 bridgehead atoms. The number of nitrogens with zero attached hydrogens (tertiary/aromatic N) is 1. The maximum atomic E-state index is 11.4. The second-order valence-corrected chi connectivity index (χ2v) is 5.02. The number of pyridine rings is 1. The molecule has 0 saturated heterocycles. The zero-order chi connectivity index (χ0) is 15.1. The zero-order valence-corrected chi connectivity index (χ0v) is 11.5. The fourth-order valence-electron chi connectivity index (χ4n) is 2.65. The molecule has 2 aromatic heterocycles. The number of furan rings is 1. The molecule has 0 aliphatic rings. The van der Waals surface area contributed by atoms with Crippen molar-refractivity contribution in [2.45, 2.75) is 0 Å². The number of rotatable bonds is 2. The second kappa shape index (κ2) is 4.70. The summed E-state index contributed by atoms with van der Waals surface area (Å²) in [6.07, 6.45) is 1.74. The van der Waals surface area contributed by atoms with Crippen LogP contribution in [0.3, 0.4) is 0 Å². The van der Waals surface area contributed by atoms with Crippen LogP contribution in [0.1, 0.15) is 10.4 Å². The number of carboxylic acids is 1. The zero-order valence-electron chi connectivity index (χ0n) is 11.5. The first-order valence-electron chi connectivity index (χ1n) is 6.84. The van der Waals surface area contributed by atoms with Gasteiger partial charge in [0.15, 0.2) is 0 Å². The van der Waals surface area contributed by atoms with Crippen LogP contribution in [0.2, 0.25) is 0 Å². The van der Waals surface area contributed by atoms with Crippen LogP contribution in [-0.4, -0.2) is 16.1 Å². The molecule has 4 heteroatoms. The number of carbonyl (C=O) groups is 1. The van der Waals surface area contributed by atoms with Crippen molar-refractivity contribution in [1.29, 1.82) is 0 Å². The highest BCUT2D eigenvalue weighted by molar-refractivity contribution is 6.04. The van der Waals surface area contributed by atoms with Crippen LogP contribution < -0.4 is 0 Å². The smallest absolute Gasteiger partial charge is 0.336 e. The SMILES string of the molecule is O=C(O)c1ccccc1-c1cc2cnc3ccccc3c2o1. The van der Waals surface area contributed by atoms with Crippen molar-refractivity contribution in [3.63, 3.8) is 0 Å². The molecule has 4 nitrogen and oxygen atoms in total. The summed E-state index contributed by atoms with van der Waals surface area (Å²) in [6, 6.07) is 16.4. The van der Waals surface area contributed by atoms with Crippen LogP contribution in [0.5, 0.6) is 0 Å². The van der Waals surface area contributed by atoms with Crippen LogP contribution in [0.15, 0.2) is 65.2 Å². The van der Waals surface area contributed by atoms with Gasteiger partial charge in [0.25, 0.3) is 0 Å². The topological polar surface area (TPSA) is 63.3 Å². The third-order valence-corrected chi connectivity index (χ3v) is 3.68. The van der Waals surface area contributed by atoms with Crippen LogP contribution >= 0.6 is 0 Å². The number of aromatic nitrogens is 1. The van der Waals surface area contributed by atoms with Crippen LogP contribution in [0.25, 0.3) is 33.2 Å². The normalized spacial score (nSPS) is 11.1. The molecule has 2 heterocycles. The Hall–Kier alpha value is -3.14. The van der Waals surface area contributed by atoms with Crippen LogP contribution in [0, 0.1) is 0 Å². The van der Waals surface area contributed by atoms with Crippen molar-refractivity contribution in [2.24, 2.45) is 0 Å². The maximum Gasteiger partial charge on any atom is 0.336 e. The van der Waals surface area contributed by atoms with E-state index in [0.717, 1.165) is 21.9 Å². The molecule has 2 aromatic carbocycles. The van der Waals surface area contributed by atoms with E-state index in [-0.39, 0.29) is 5.56 Å². The average molecular weight is 289 g/mol. The minimum Gasteiger partial charge on any atom is -0.478 e. The van der Waals surface area contributed by atoms with Gasteiger partial charge >= 0.3 is 5.97 Å². The van der Waals surface area contributed by atoms with Crippen molar-refractivity contribution in [1.82, 2.24) is 4.98 Å². The van der Waals surface area contributed by atoms with Gasteiger partial charge in [0, 0.05) is 22.5 Å². The molecule has 4 rings (SSSR count). The molecule has 22 heavy (non-hydrogen) atoms. The molecule has 0 amide bonds. The third kappa shape index (κ3) is 1.85. The largest absolute Gasteiger partial charge is 0.478 e. The summed E-state index contributed by atoms with van der Waals surface area (Å²) >= 11 is 0. The monoisotopic (exact) mass is 289 g/mol. The van der Waals surface area contributed by atoms with Gasteiger partial charge in [-0.1, -0.05) is 30.3 Å². The van der Waals surface area contributed by atoms with E-state index >= 15 is 0 Å². The van der Waals surface area contributed by atoms with Crippen LogP contribution in [-0.2, 0) is 0 Å². The van der Waals surface area contributed by atoms with E-state index in [1.54, 1.807) is 30.5 Å². The Bertz CT molecular complexity index is 1020. The molecule has 0 aliphatic carbocycles. The number of carboxylic acid groups (broad SMARTS) is 1. The van der Waals surface area contributed by atoms with E-state index in [0.29, 0.717) is 11.3 Å². The van der Waals surface area contributed by atoms with Gasteiger partial charge < -0.3 is 9.52 Å². The van der Waals surface area contributed by atoms with Crippen LogP contribution in [0.4, 0.5) is 0 Å². The Kier molecular flexibility index (Phi) is 2.69. The van der Waals surface area contributed by atoms with Crippen molar-refractivity contribution in [3.8, 4) is 11.3 Å². The summed E-state index contributed by atoms with van der Waals surface area (Å²) < 4.78 is 5.95. The first-order valence-corrected chi connectivity index (χ1v) is 6.84. The molecular formula is C18H11NO3. The van der Waals surface area contributed by atoms with E-state index in [9.17, 15) is 9.90 Å². The molecule has 0 saturated carbocycles. The van der Waals surface area contributed by atoms with Crippen molar-refractivity contribution in [3.05, 3.63) is 66.4 Å². The van der Waals surface area contributed by atoms with E-state index in [2.05, 4.69) is 4.98 Å². The molecule has 0 spiro atoms. The summed E-state index contributed by atoms with van der Waals surface area (Å²) in [5, 5.41) is 11.1. The number of para-hydroxylation sites is 1. The number of hydrogen-bond donors (Lipinski definition) is 1. The summed E-state index contributed by atoms with van der Waals surface area (Å²) in [5.41, 5.74) is 2.36. The van der Waals surface area contributed by atoms with Gasteiger partial charge in [0.2, 0.25) is 0 Å². The van der Waals surface area contributed by atoms with Gasteiger partial charge in [-0.15, -0.1) is 0 Å². The van der Waals surface area contributed by atoms with E-state index < -0.39 is 5.97 Å². The number of benzene rings is 2. The molecule has 0 unspecified atom stereocenters. The number of fused-ring (bicyclic) bond motifs is 3. The minimum absolute atomic E-state index is 0.221. The predicted molar refractivity (Wildman–Crippen MR) is 83.9 cm³/mol. The Morgan fingerprint density at radius 3 is 2.68 bits per heavy atom. The van der Waals surface area contributed by atoms with Gasteiger partial charge in [0.05, 0.1) is 11.1 Å². The molecule has 106 valence electrons. The molecule has 4 aromatic rings. The van der Waals surface area contributed by atoms with E-state index in [1.807, 2.05) is 30.3 Å². The molecule has 0 aliphatic heterocycles. The van der Waals surface area contributed by atoms with Gasteiger partial charge in [0.1, 0.15) is 11.3 Å². The van der Waals surface area contributed by atoms with Crippen molar-refractivity contribution < 1.29 is 14.3 Å². The molecule has 0 radical (unpaired) electrons. The van der Waals surface area contributed by atoms with E-state index in [4.69, 9.17) is 4.42 Å². The number of aromatic carboxylic acids is 1. The summed E-state index contributed by atoms with van der Waals surface area (Å²) in [6.45, 7) is 0. The summed E-state index contributed by atoms with van der Waals surface area (Å²) in [5.74, 6) is -0.440. The van der Waals surface area contributed by atoms with Crippen molar-refractivity contribution in [2.75, 3.05) is 0 Å². The van der Waals surface area contributed by atoms with Crippen molar-refractivity contribution >= 4 is 27.8 Å². The average Bonchev–Trinajstić information content (AvgIpc) is 2.99. The fraction of sp³-hybridized carbons (Fsp3) is 0. The maximum absolute atomic E-state index is 11.4. The Labute approximate surface area is 125 Å². The highest BCUT2D eigenvalue weighted by Crippen LogP contribution is 2.33. The molecular weight excluding hydrogens is 278 g/mol. The molecule has 1 N–H and O–H groups in total.